The van der Waals surface area contributed by atoms with Crippen molar-refractivity contribution in [1.29, 1.82) is 0 Å². The average Bonchev–Trinajstić information content (AvgIpc) is 2.48. The SMILES string of the molecule is FC(F)C(F)(F)C(Cl)c1ccc(Oc2ccccc2)cc1. The van der Waals surface area contributed by atoms with E-state index in [0.29, 0.717) is 11.5 Å². The quantitative estimate of drug-likeness (QED) is 0.510. The Morgan fingerprint density at radius 3 is 1.90 bits per heavy atom. The first-order valence-electron chi connectivity index (χ1n) is 6.04. The summed E-state index contributed by atoms with van der Waals surface area (Å²) in [6, 6.07) is 14.1. The normalized spacial score (nSPS) is 13.2. The zero-order valence-corrected chi connectivity index (χ0v) is 11.4. The van der Waals surface area contributed by atoms with E-state index in [9.17, 15) is 17.6 Å². The van der Waals surface area contributed by atoms with Crippen molar-refractivity contribution < 1.29 is 22.3 Å². The van der Waals surface area contributed by atoms with E-state index < -0.39 is 17.7 Å². The third-order valence-corrected chi connectivity index (χ3v) is 3.32. The summed E-state index contributed by atoms with van der Waals surface area (Å²) in [7, 11) is 0. The monoisotopic (exact) mass is 318 g/mol. The number of benzene rings is 2. The van der Waals surface area contributed by atoms with E-state index in [1.54, 1.807) is 24.3 Å². The largest absolute Gasteiger partial charge is 0.457 e. The zero-order chi connectivity index (χ0) is 15.5. The van der Waals surface area contributed by atoms with Gasteiger partial charge in [-0.05, 0) is 29.8 Å². The van der Waals surface area contributed by atoms with Gasteiger partial charge in [0.25, 0.3) is 0 Å². The molecule has 0 aromatic heterocycles. The van der Waals surface area contributed by atoms with Crippen molar-refractivity contribution in [3.63, 3.8) is 0 Å². The van der Waals surface area contributed by atoms with Crippen LogP contribution in [0.15, 0.2) is 54.6 Å². The van der Waals surface area contributed by atoms with Crippen molar-refractivity contribution in [2.45, 2.75) is 17.7 Å². The predicted octanol–water partition coefficient (Wildman–Crippen LogP) is 5.66. The van der Waals surface area contributed by atoms with Crippen LogP contribution in [0.1, 0.15) is 10.9 Å². The number of ether oxygens (including phenoxy) is 1. The van der Waals surface area contributed by atoms with Gasteiger partial charge in [0.15, 0.2) is 0 Å². The number of halogens is 5. The summed E-state index contributed by atoms with van der Waals surface area (Å²) in [5, 5.41) is -2.09. The first-order valence-corrected chi connectivity index (χ1v) is 6.48. The fourth-order valence-corrected chi connectivity index (χ4v) is 1.90. The minimum atomic E-state index is -4.29. The summed E-state index contributed by atoms with van der Waals surface area (Å²) in [6.45, 7) is 0. The highest BCUT2D eigenvalue weighted by Crippen LogP contribution is 2.41. The standard InChI is InChI=1S/C15H11ClF4O/c16-13(15(19,20)14(17)18)10-6-8-12(9-7-10)21-11-4-2-1-3-5-11/h1-9,13-14H. The van der Waals surface area contributed by atoms with Gasteiger partial charge in [0.1, 0.15) is 16.9 Å². The van der Waals surface area contributed by atoms with Crippen LogP contribution in [0.3, 0.4) is 0 Å². The first-order chi connectivity index (χ1) is 9.91. The predicted molar refractivity (Wildman–Crippen MR) is 72.5 cm³/mol. The van der Waals surface area contributed by atoms with E-state index in [1.165, 1.54) is 24.3 Å². The van der Waals surface area contributed by atoms with E-state index in [-0.39, 0.29) is 5.56 Å². The second-order valence-corrected chi connectivity index (χ2v) is 4.76. The van der Waals surface area contributed by atoms with Gasteiger partial charge in [0.2, 0.25) is 0 Å². The number of para-hydroxylation sites is 1. The lowest BCUT2D eigenvalue weighted by atomic mass is 10.1. The van der Waals surface area contributed by atoms with Crippen LogP contribution in [-0.4, -0.2) is 12.3 Å². The summed E-state index contributed by atoms with van der Waals surface area (Å²) < 4.78 is 56.3. The molecule has 0 bridgehead atoms. The number of hydrogen-bond acceptors (Lipinski definition) is 1. The summed E-state index contributed by atoms with van der Waals surface area (Å²) in [5.41, 5.74) is -0.0950. The Balaban J connectivity index is 2.12. The molecule has 0 aliphatic rings. The Kier molecular flexibility index (Phi) is 4.73. The zero-order valence-electron chi connectivity index (χ0n) is 10.6. The van der Waals surface area contributed by atoms with Crippen LogP contribution < -0.4 is 4.74 Å². The van der Waals surface area contributed by atoms with Crippen molar-refractivity contribution in [3.8, 4) is 11.5 Å². The van der Waals surface area contributed by atoms with Crippen LogP contribution in [0, 0.1) is 0 Å². The Labute approximate surface area is 124 Å². The topological polar surface area (TPSA) is 9.23 Å². The van der Waals surface area contributed by atoms with E-state index >= 15 is 0 Å². The van der Waals surface area contributed by atoms with Crippen LogP contribution >= 0.6 is 11.6 Å². The fraction of sp³-hybridized carbons (Fsp3) is 0.200. The van der Waals surface area contributed by atoms with E-state index in [0.717, 1.165) is 0 Å². The molecule has 1 atom stereocenters. The molecule has 0 N–H and O–H groups in total. The molecule has 1 unspecified atom stereocenters. The summed E-state index contributed by atoms with van der Waals surface area (Å²) >= 11 is 5.43. The molecule has 0 spiro atoms. The lowest BCUT2D eigenvalue weighted by molar-refractivity contribution is -0.130. The van der Waals surface area contributed by atoms with Crippen LogP contribution in [0.25, 0.3) is 0 Å². The first kappa shape index (κ1) is 15.6. The third-order valence-electron chi connectivity index (χ3n) is 2.78. The maximum absolute atomic E-state index is 13.2. The molecule has 1 nitrogen and oxygen atoms in total. The molecule has 0 aliphatic heterocycles. The van der Waals surface area contributed by atoms with Gasteiger partial charge >= 0.3 is 12.3 Å². The molecule has 0 radical (unpaired) electrons. The van der Waals surface area contributed by atoms with Crippen molar-refractivity contribution in [2.75, 3.05) is 0 Å². The van der Waals surface area contributed by atoms with Gasteiger partial charge in [-0.2, -0.15) is 8.78 Å². The molecule has 6 heteroatoms. The van der Waals surface area contributed by atoms with Gasteiger partial charge in [-0.3, -0.25) is 0 Å². The molecule has 0 heterocycles. The maximum Gasteiger partial charge on any atom is 0.327 e. The molecular weight excluding hydrogens is 308 g/mol. The van der Waals surface area contributed by atoms with E-state index in [1.807, 2.05) is 6.07 Å². The Bertz CT molecular complexity index is 572. The highest BCUT2D eigenvalue weighted by molar-refractivity contribution is 6.21. The number of alkyl halides is 5. The molecule has 2 rings (SSSR count). The fourth-order valence-electron chi connectivity index (χ4n) is 1.66. The van der Waals surface area contributed by atoms with Crippen molar-refractivity contribution >= 4 is 11.6 Å². The lowest BCUT2D eigenvalue weighted by Gasteiger charge is -2.21. The summed E-state index contributed by atoms with van der Waals surface area (Å²) in [6.07, 6.45) is -3.82. The average molecular weight is 319 g/mol. The van der Waals surface area contributed by atoms with Crippen molar-refractivity contribution in [3.05, 3.63) is 60.2 Å². The molecule has 112 valence electrons. The molecule has 0 saturated carbocycles. The highest BCUT2D eigenvalue weighted by atomic mass is 35.5. The Hall–Kier alpha value is -1.75. The van der Waals surface area contributed by atoms with Gasteiger partial charge in [-0.1, -0.05) is 30.3 Å². The molecule has 0 aliphatic carbocycles. The number of hydrogen-bond donors (Lipinski definition) is 0. The van der Waals surface area contributed by atoms with Gasteiger partial charge in [-0.15, -0.1) is 11.6 Å². The summed E-state index contributed by atoms with van der Waals surface area (Å²) in [5.74, 6) is -3.32. The van der Waals surface area contributed by atoms with Gasteiger partial charge < -0.3 is 4.74 Å². The molecule has 0 amide bonds. The van der Waals surface area contributed by atoms with E-state index in [2.05, 4.69) is 0 Å². The minimum absolute atomic E-state index is 0.0950. The maximum atomic E-state index is 13.2. The van der Waals surface area contributed by atoms with E-state index in [4.69, 9.17) is 16.3 Å². The van der Waals surface area contributed by atoms with Crippen LogP contribution in [0.4, 0.5) is 17.6 Å². The van der Waals surface area contributed by atoms with Crippen LogP contribution in [0.5, 0.6) is 11.5 Å². The number of rotatable bonds is 5. The van der Waals surface area contributed by atoms with Gasteiger partial charge in [0, 0.05) is 0 Å². The van der Waals surface area contributed by atoms with Gasteiger partial charge in [0.05, 0.1) is 0 Å². The van der Waals surface area contributed by atoms with Crippen LogP contribution in [-0.2, 0) is 0 Å². The lowest BCUT2D eigenvalue weighted by Crippen LogP contribution is -2.31. The second kappa shape index (κ2) is 6.35. The van der Waals surface area contributed by atoms with Crippen molar-refractivity contribution in [1.82, 2.24) is 0 Å². The minimum Gasteiger partial charge on any atom is -0.457 e. The highest BCUT2D eigenvalue weighted by Gasteiger charge is 2.48. The molecule has 2 aromatic carbocycles. The molecule has 0 saturated heterocycles. The Morgan fingerprint density at radius 2 is 1.38 bits per heavy atom. The Morgan fingerprint density at radius 1 is 0.857 bits per heavy atom. The smallest absolute Gasteiger partial charge is 0.327 e. The second-order valence-electron chi connectivity index (χ2n) is 4.32. The molecule has 2 aromatic rings. The van der Waals surface area contributed by atoms with Crippen LogP contribution in [0.2, 0.25) is 0 Å². The van der Waals surface area contributed by atoms with Crippen molar-refractivity contribution in [2.24, 2.45) is 0 Å². The molecule has 0 fully saturated rings. The van der Waals surface area contributed by atoms with Gasteiger partial charge in [-0.25, -0.2) is 8.78 Å². The third kappa shape index (κ3) is 3.67. The molecule has 21 heavy (non-hydrogen) atoms. The molecular formula is C15H11ClF4O. The summed E-state index contributed by atoms with van der Waals surface area (Å²) in [4.78, 5) is 0.